The number of hydrogen-bond acceptors (Lipinski definition) is 5. The van der Waals surface area contributed by atoms with Gasteiger partial charge in [-0.05, 0) is 46.0 Å². The number of piperidine rings is 1. The van der Waals surface area contributed by atoms with Crippen LogP contribution in [0.5, 0.6) is 0 Å². The Morgan fingerprint density at radius 1 is 1.19 bits per heavy atom. The summed E-state index contributed by atoms with van der Waals surface area (Å²) in [4.78, 5) is 38.7. The van der Waals surface area contributed by atoms with Crippen molar-refractivity contribution in [2.75, 3.05) is 13.7 Å². The molecule has 1 aliphatic heterocycles. The predicted molar refractivity (Wildman–Crippen MR) is 98.1 cm³/mol. The van der Waals surface area contributed by atoms with Gasteiger partial charge in [0.15, 0.2) is 0 Å². The van der Waals surface area contributed by atoms with Gasteiger partial charge >= 0.3 is 12.1 Å². The van der Waals surface area contributed by atoms with Gasteiger partial charge in [0.1, 0.15) is 17.7 Å². The third kappa shape index (κ3) is 4.05. The number of ether oxygens (including phenoxy) is 2. The summed E-state index contributed by atoms with van der Waals surface area (Å²) < 4.78 is 10.7. The molecule has 0 radical (unpaired) electrons. The van der Waals surface area contributed by atoms with Crippen molar-refractivity contribution >= 4 is 18.0 Å². The molecule has 0 spiro atoms. The van der Waals surface area contributed by atoms with Crippen LogP contribution in [0.3, 0.4) is 0 Å². The molecule has 1 heterocycles. The number of carboxylic acid groups (broad SMARTS) is 1. The minimum absolute atomic E-state index is 0.0771. The summed E-state index contributed by atoms with van der Waals surface area (Å²) >= 11 is 0. The summed E-state index contributed by atoms with van der Waals surface area (Å²) in [6.07, 6.45) is -0.748. The number of likely N-dealkylation sites (tertiary alicyclic amines) is 1. The number of rotatable bonds is 5. The molecular weight excluding hydrogens is 352 g/mol. The Morgan fingerprint density at radius 3 is 2.19 bits per heavy atom. The van der Waals surface area contributed by atoms with E-state index in [2.05, 4.69) is 5.32 Å². The Labute approximate surface area is 160 Å². The van der Waals surface area contributed by atoms with E-state index in [4.69, 9.17) is 9.47 Å². The normalized spacial score (nSPS) is 27.6. The molecule has 0 aromatic rings. The zero-order valence-electron chi connectivity index (χ0n) is 17.5. The van der Waals surface area contributed by atoms with E-state index in [1.807, 2.05) is 13.8 Å². The molecule has 1 saturated carbocycles. The number of methoxy groups -OCH3 is 1. The number of carboxylic acids is 1. The van der Waals surface area contributed by atoms with Crippen LogP contribution >= 0.6 is 0 Å². The molecule has 4 atom stereocenters. The highest BCUT2D eigenvalue weighted by atomic mass is 16.6. The van der Waals surface area contributed by atoms with Gasteiger partial charge in [0, 0.05) is 19.6 Å². The summed E-state index contributed by atoms with van der Waals surface area (Å²) in [7, 11) is 1.44. The van der Waals surface area contributed by atoms with Gasteiger partial charge in [0.25, 0.3) is 0 Å². The maximum Gasteiger partial charge on any atom is 0.408 e. The monoisotopic (exact) mass is 384 g/mol. The topological polar surface area (TPSA) is 105 Å². The molecule has 2 aliphatic rings. The Bertz CT molecular complexity index is 637. The number of fused-ring (bicyclic) bond motifs is 1. The summed E-state index contributed by atoms with van der Waals surface area (Å²) in [6, 6.07) is -1.96. The largest absolute Gasteiger partial charge is 0.480 e. The van der Waals surface area contributed by atoms with Crippen molar-refractivity contribution in [1.29, 1.82) is 0 Å². The second-order valence-electron chi connectivity index (χ2n) is 9.61. The highest BCUT2D eigenvalue weighted by Crippen LogP contribution is 2.64. The Balaban J connectivity index is 2.24. The van der Waals surface area contributed by atoms with Crippen LogP contribution in [-0.4, -0.2) is 64.9 Å². The molecule has 0 aromatic heterocycles. The first kappa shape index (κ1) is 21.5. The zero-order chi connectivity index (χ0) is 20.9. The SMILES string of the molecule is COC(C)(C)C(NC(=O)OC(C)(C)C)C(=O)N1C[C@H]2[C@@H]([C@H]1C(=O)O)C2(C)C. The molecule has 0 bridgehead atoms. The molecule has 1 aliphatic carbocycles. The molecular formula is C19H32N2O6. The van der Waals surface area contributed by atoms with Gasteiger partial charge in [-0.15, -0.1) is 0 Å². The molecule has 27 heavy (non-hydrogen) atoms. The molecule has 8 heteroatoms. The fraction of sp³-hybridized carbons (Fsp3) is 0.842. The Morgan fingerprint density at radius 2 is 1.74 bits per heavy atom. The number of carbonyl (C=O) groups is 3. The molecule has 154 valence electrons. The van der Waals surface area contributed by atoms with Crippen LogP contribution in [-0.2, 0) is 19.1 Å². The summed E-state index contributed by atoms with van der Waals surface area (Å²) in [6.45, 7) is 12.9. The van der Waals surface area contributed by atoms with Crippen LogP contribution in [0, 0.1) is 17.3 Å². The number of hydrogen-bond donors (Lipinski definition) is 2. The van der Waals surface area contributed by atoms with Crippen molar-refractivity contribution in [3.8, 4) is 0 Å². The second kappa shape index (κ2) is 6.65. The van der Waals surface area contributed by atoms with Crippen molar-refractivity contribution in [3.63, 3.8) is 0 Å². The van der Waals surface area contributed by atoms with Gasteiger partial charge in [-0.25, -0.2) is 9.59 Å². The van der Waals surface area contributed by atoms with Gasteiger partial charge in [-0.3, -0.25) is 4.79 Å². The first-order chi connectivity index (χ1) is 12.1. The van der Waals surface area contributed by atoms with E-state index in [1.54, 1.807) is 34.6 Å². The van der Waals surface area contributed by atoms with Crippen molar-refractivity contribution in [3.05, 3.63) is 0 Å². The second-order valence-corrected chi connectivity index (χ2v) is 9.61. The molecule has 1 saturated heterocycles. The third-order valence-corrected chi connectivity index (χ3v) is 5.87. The molecule has 1 unspecified atom stereocenters. The number of aliphatic carboxylic acids is 1. The minimum Gasteiger partial charge on any atom is -0.480 e. The number of amides is 2. The van der Waals surface area contributed by atoms with Gasteiger partial charge in [0.05, 0.1) is 5.60 Å². The van der Waals surface area contributed by atoms with Gasteiger partial charge in [-0.2, -0.15) is 0 Å². The Hall–Kier alpha value is -1.83. The van der Waals surface area contributed by atoms with Gasteiger partial charge in [-0.1, -0.05) is 13.8 Å². The van der Waals surface area contributed by atoms with Gasteiger partial charge < -0.3 is 24.8 Å². The summed E-state index contributed by atoms with van der Waals surface area (Å²) in [5.74, 6) is -1.42. The maximum absolute atomic E-state index is 13.3. The predicted octanol–water partition coefficient (Wildman–Crippen LogP) is 1.87. The highest BCUT2D eigenvalue weighted by molar-refractivity contribution is 5.91. The number of nitrogens with zero attached hydrogens (tertiary/aromatic N) is 1. The smallest absolute Gasteiger partial charge is 0.408 e. The van der Waals surface area contributed by atoms with Crippen LogP contribution < -0.4 is 5.32 Å². The lowest BCUT2D eigenvalue weighted by atomic mass is 9.95. The first-order valence-corrected chi connectivity index (χ1v) is 9.21. The van der Waals surface area contributed by atoms with Crippen LogP contribution in [0.4, 0.5) is 4.79 Å². The fourth-order valence-electron chi connectivity index (χ4n) is 4.04. The zero-order valence-corrected chi connectivity index (χ0v) is 17.5. The van der Waals surface area contributed by atoms with E-state index in [9.17, 15) is 19.5 Å². The van der Waals surface area contributed by atoms with Crippen molar-refractivity contribution < 1.29 is 29.0 Å². The lowest BCUT2D eigenvalue weighted by Gasteiger charge is -2.38. The molecule has 2 fully saturated rings. The van der Waals surface area contributed by atoms with Crippen LogP contribution in [0.25, 0.3) is 0 Å². The van der Waals surface area contributed by atoms with Crippen LogP contribution in [0.2, 0.25) is 0 Å². The molecule has 0 aromatic carbocycles. The van der Waals surface area contributed by atoms with E-state index < -0.39 is 41.3 Å². The maximum atomic E-state index is 13.3. The lowest BCUT2D eigenvalue weighted by molar-refractivity contribution is -0.154. The number of alkyl carbamates (subject to hydrolysis) is 1. The quantitative estimate of drug-likeness (QED) is 0.750. The van der Waals surface area contributed by atoms with Crippen molar-refractivity contribution in [2.24, 2.45) is 17.3 Å². The molecule has 2 amide bonds. The molecule has 2 N–H and O–H groups in total. The van der Waals surface area contributed by atoms with E-state index in [0.29, 0.717) is 6.54 Å². The van der Waals surface area contributed by atoms with Crippen molar-refractivity contribution in [1.82, 2.24) is 10.2 Å². The van der Waals surface area contributed by atoms with E-state index >= 15 is 0 Å². The Kier molecular flexibility index (Phi) is 5.29. The van der Waals surface area contributed by atoms with E-state index in [0.717, 1.165) is 0 Å². The first-order valence-electron chi connectivity index (χ1n) is 9.21. The summed E-state index contributed by atoms with van der Waals surface area (Å²) in [5, 5.41) is 12.3. The molecule has 8 nitrogen and oxygen atoms in total. The fourth-order valence-corrected chi connectivity index (χ4v) is 4.04. The third-order valence-electron chi connectivity index (χ3n) is 5.87. The average molecular weight is 384 g/mol. The van der Waals surface area contributed by atoms with E-state index in [1.165, 1.54) is 12.0 Å². The lowest BCUT2D eigenvalue weighted by Crippen LogP contribution is -2.62. The average Bonchev–Trinajstić information content (AvgIpc) is 2.86. The van der Waals surface area contributed by atoms with Crippen LogP contribution in [0.1, 0.15) is 48.5 Å². The molecule has 2 rings (SSSR count). The number of carbonyl (C=O) groups excluding carboxylic acids is 2. The summed E-state index contributed by atoms with van der Waals surface area (Å²) in [5.41, 5.74) is -1.86. The number of nitrogens with one attached hydrogen (secondary N) is 1. The van der Waals surface area contributed by atoms with Gasteiger partial charge in [0.2, 0.25) is 5.91 Å². The van der Waals surface area contributed by atoms with E-state index in [-0.39, 0.29) is 17.3 Å². The van der Waals surface area contributed by atoms with Crippen molar-refractivity contribution in [2.45, 2.75) is 71.8 Å². The standard InChI is InChI=1S/C19H32N2O6/c1-17(2,3)27-16(25)20-13(19(6,7)26-8)14(22)21-9-10-11(18(10,4)5)12(21)15(23)24/h10-13H,9H2,1-8H3,(H,20,25)(H,23,24)/t10-,11-,12-,13?/m0/s1. The highest BCUT2D eigenvalue weighted by Gasteiger charge is 2.70. The van der Waals surface area contributed by atoms with Crippen LogP contribution in [0.15, 0.2) is 0 Å². The minimum atomic E-state index is -1.07.